The van der Waals surface area contributed by atoms with Crippen LogP contribution in [0.5, 0.6) is 5.75 Å². The predicted octanol–water partition coefficient (Wildman–Crippen LogP) is 5.69. The van der Waals surface area contributed by atoms with Gasteiger partial charge in [0.15, 0.2) is 5.16 Å². The molecule has 0 bridgehead atoms. The average Bonchev–Trinajstić information content (AvgIpc) is 3.30. The maximum atomic E-state index is 12.4. The summed E-state index contributed by atoms with van der Waals surface area (Å²) < 4.78 is 7.43. The number of amides is 1. The molecule has 1 amide bonds. The minimum absolute atomic E-state index is 0.0386. The number of nitrogens with zero attached hydrogens (tertiary/aromatic N) is 3. The minimum Gasteiger partial charge on any atom is -0.497 e. The fraction of sp³-hybridized carbons (Fsp3) is 0.250. The van der Waals surface area contributed by atoms with Crippen LogP contribution in [-0.4, -0.2) is 33.8 Å². The molecule has 0 spiro atoms. The third kappa shape index (κ3) is 6.31. The highest BCUT2D eigenvalue weighted by Gasteiger charge is 2.16. The van der Waals surface area contributed by atoms with Crippen LogP contribution < -0.4 is 10.1 Å². The lowest BCUT2D eigenvalue weighted by Crippen LogP contribution is -2.31. The molecule has 1 aromatic heterocycles. The highest BCUT2D eigenvalue weighted by molar-refractivity contribution is 7.98. The van der Waals surface area contributed by atoms with Gasteiger partial charge in [0.05, 0.1) is 7.11 Å². The van der Waals surface area contributed by atoms with E-state index < -0.39 is 0 Å². The normalized spacial score (nSPS) is 11.7. The number of carbonyl (C=O) groups is 1. The second-order valence-corrected chi connectivity index (χ2v) is 9.31. The van der Waals surface area contributed by atoms with E-state index in [0.717, 1.165) is 34.4 Å². The number of thioether (sulfide) groups is 1. The van der Waals surface area contributed by atoms with Gasteiger partial charge in [-0.05, 0) is 60.9 Å². The third-order valence-electron chi connectivity index (χ3n) is 5.81. The number of hydrogen-bond donors (Lipinski definition) is 1. The first-order valence-corrected chi connectivity index (χ1v) is 12.7. The first kappa shape index (κ1) is 24.5. The second-order valence-electron chi connectivity index (χ2n) is 8.36. The number of carbonyl (C=O) groups excluding carboxylic acids is 1. The first-order chi connectivity index (χ1) is 17.1. The van der Waals surface area contributed by atoms with Crippen LogP contribution in [0, 0.1) is 0 Å². The Kier molecular flexibility index (Phi) is 8.21. The molecular formula is C28H30N4O2S. The first-order valence-electron chi connectivity index (χ1n) is 11.7. The van der Waals surface area contributed by atoms with Crippen molar-refractivity contribution in [2.75, 3.05) is 7.11 Å². The van der Waals surface area contributed by atoms with Crippen molar-refractivity contribution in [2.45, 2.75) is 43.6 Å². The summed E-state index contributed by atoms with van der Waals surface area (Å²) in [6.07, 6.45) is 1.59. The molecule has 0 fully saturated rings. The molecule has 0 aliphatic rings. The van der Waals surface area contributed by atoms with Gasteiger partial charge in [0.2, 0.25) is 0 Å². The van der Waals surface area contributed by atoms with Crippen molar-refractivity contribution in [3.8, 4) is 11.4 Å². The van der Waals surface area contributed by atoms with Crippen molar-refractivity contribution in [1.29, 1.82) is 0 Å². The molecule has 0 unspecified atom stereocenters. The fourth-order valence-electron chi connectivity index (χ4n) is 3.59. The molecule has 1 heterocycles. The Labute approximate surface area is 210 Å². The zero-order valence-electron chi connectivity index (χ0n) is 20.3. The Balaban J connectivity index is 1.53. The summed E-state index contributed by atoms with van der Waals surface area (Å²) in [4.78, 5) is 12.4. The van der Waals surface area contributed by atoms with Gasteiger partial charge in [0.1, 0.15) is 11.6 Å². The van der Waals surface area contributed by atoms with Crippen molar-refractivity contribution in [2.24, 2.45) is 0 Å². The minimum atomic E-state index is -0.0386. The number of hydrogen-bond acceptors (Lipinski definition) is 5. The third-order valence-corrected chi connectivity index (χ3v) is 6.81. The Hall–Kier alpha value is -3.58. The molecule has 1 N–H and O–H groups in total. The smallest absolute Gasteiger partial charge is 0.251 e. The summed E-state index contributed by atoms with van der Waals surface area (Å²) in [7, 11) is 1.66. The molecular weight excluding hydrogens is 456 g/mol. The summed E-state index contributed by atoms with van der Waals surface area (Å²) in [6.45, 7) is 4.06. The number of benzene rings is 3. The Morgan fingerprint density at radius 2 is 1.69 bits per heavy atom. The van der Waals surface area contributed by atoms with Crippen LogP contribution in [0.3, 0.4) is 0 Å². The van der Waals surface area contributed by atoms with Gasteiger partial charge in [-0.15, -0.1) is 10.2 Å². The highest BCUT2D eigenvalue weighted by atomic mass is 32.2. The largest absolute Gasteiger partial charge is 0.497 e. The summed E-state index contributed by atoms with van der Waals surface area (Å²) in [6, 6.07) is 26.1. The van der Waals surface area contributed by atoms with Crippen LogP contribution in [0.15, 0.2) is 84.0 Å². The topological polar surface area (TPSA) is 69.0 Å². The van der Waals surface area contributed by atoms with E-state index in [4.69, 9.17) is 4.74 Å². The zero-order valence-corrected chi connectivity index (χ0v) is 21.1. The molecule has 7 heteroatoms. The molecule has 180 valence electrons. The van der Waals surface area contributed by atoms with E-state index in [-0.39, 0.29) is 11.9 Å². The zero-order chi connectivity index (χ0) is 24.6. The summed E-state index contributed by atoms with van der Waals surface area (Å²) in [5.41, 5.74) is 3.95. The highest BCUT2D eigenvalue weighted by Crippen LogP contribution is 2.27. The van der Waals surface area contributed by atoms with Gasteiger partial charge in [0.25, 0.3) is 5.91 Å². The lowest BCUT2D eigenvalue weighted by atomic mass is 10.1. The van der Waals surface area contributed by atoms with Crippen molar-refractivity contribution in [1.82, 2.24) is 20.1 Å². The molecule has 0 radical (unpaired) electrons. The summed E-state index contributed by atoms with van der Waals surface area (Å²) in [5.74, 6) is 2.36. The molecule has 0 saturated heterocycles. The van der Waals surface area contributed by atoms with Crippen molar-refractivity contribution >= 4 is 17.7 Å². The maximum absolute atomic E-state index is 12.4. The molecule has 4 rings (SSSR count). The van der Waals surface area contributed by atoms with Crippen LogP contribution in [0.2, 0.25) is 0 Å². The molecule has 0 saturated carbocycles. The van der Waals surface area contributed by atoms with E-state index in [9.17, 15) is 4.79 Å². The number of rotatable bonds is 10. The van der Waals surface area contributed by atoms with Crippen LogP contribution in [-0.2, 0) is 12.2 Å². The number of methoxy groups -OCH3 is 1. The molecule has 1 atom stereocenters. The van der Waals surface area contributed by atoms with Crippen molar-refractivity contribution in [3.05, 3.63) is 101 Å². The van der Waals surface area contributed by atoms with Gasteiger partial charge in [-0.1, -0.05) is 61.2 Å². The monoisotopic (exact) mass is 486 g/mol. The van der Waals surface area contributed by atoms with Crippen LogP contribution in [0.25, 0.3) is 5.69 Å². The van der Waals surface area contributed by atoms with Gasteiger partial charge < -0.3 is 10.1 Å². The van der Waals surface area contributed by atoms with E-state index in [1.54, 1.807) is 18.9 Å². The van der Waals surface area contributed by atoms with E-state index in [2.05, 4.69) is 39.1 Å². The van der Waals surface area contributed by atoms with Crippen LogP contribution in [0.1, 0.15) is 47.6 Å². The predicted molar refractivity (Wildman–Crippen MR) is 140 cm³/mol. The van der Waals surface area contributed by atoms with E-state index in [1.807, 2.05) is 73.7 Å². The average molecular weight is 487 g/mol. The van der Waals surface area contributed by atoms with E-state index in [1.165, 1.54) is 5.56 Å². The summed E-state index contributed by atoms with van der Waals surface area (Å²) in [5, 5.41) is 12.9. The number of ether oxygens (including phenoxy) is 1. The van der Waals surface area contributed by atoms with Gasteiger partial charge in [0, 0.05) is 29.5 Å². The molecule has 0 aliphatic heterocycles. The fourth-order valence-corrected chi connectivity index (χ4v) is 4.51. The molecule has 3 aromatic carbocycles. The molecule has 4 aromatic rings. The second kappa shape index (κ2) is 11.7. The standard InChI is InChI=1S/C28H30N4O2S/c1-4-20(2)29-27(33)23-12-10-22(11-13-23)19-35-28-31-30-26(18-21-8-6-5-7-9-21)32(28)24-14-16-25(34-3)17-15-24/h5-17,20H,4,18-19H2,1-3H3,(H,29,33)/t20-/m1/s1. The van der Waals surface area contributed by atoms with Crippen molar-refractivity contribution in [3.63, 3.8) is 0 Å². The van der Waals surface area contributed by atoms with Gasteiger partial charge in [-0.3, -0.25) is 9.36 Å². The van der Waals surface area contributed by atoms with Crippen LogP contribution in [0.4, 0.5) is 0 Å². The molecule has 6 nitrogen and oxygen atoms in total. The van der Waals surface area contributed by atoms with Gasteiger partial charge >= 0.3 is 0 Å². The van der Waals surface area contributed by atoms with Gasteiger partial charge in [-0.2, -0.15) is 0 Å². The van der Waals surface area contributed by atoms with Gasteiger partial charge in [-0.25, -0.2) is 0 Å². The lowest BCUT2D eigenvalue weighted by molar-refractivity contribution is 0.0939. The molecule has 0 aliphatic carbocycles. The number of aromatic nitrogens is 3. The maximum Gasteiger partial charge on any atom is 0.251 e. The number of nitrogens with one attached hydrogen (secondary N) is 1. The Bertz CT molecular complexity index is 1240. The lowest BCUT2D eigenvalue weighted by Gasteiger charge is -2.12. The van der Waals surface area contributed by atoms with Crippen LogP contribution >= 0.6 is 11.8 Å². The quantitative estimate of drug-likeness (QED) is 0.292. The summed E-state index contributed by atoms with van der Waals surface area (Å²) >= 11 is 1.62. The SMILES string of the molecule is CC[C@@H](C)NC(=O)c1ccc(CSc2nnc(Cc3ccccc3)n2-c2ccc(OC)cc2)cc1. The molecule has 35 heavy (non-hydrogen) atoms. The Morgan fingerprint density at radius 1 is 0.971 bits per heavy atom. The van der Waals surface area contributed by atoms with E-state index >= 15 is 0 Å². The Morgan fingerprint density at radius 3 is 2.34 bits per heavy atom. The van der Waals surface area contributed by atoms with E-state index in [0.29, 0.717) is 17.7 Å². The van der Waals surface area contributed by atoms with Crippen molar-refractivity contribution < 1.29 is 9.53 Å².